The molecule has 0 aromatic rings. The normalized spacial score (nSPS) is 12.9. The van der Waals surface area contributed by atoms with E-state index in [4.69, 9.17) is 66.3 Å². The van der Waals surface area contributed by atoms with Gasteiger partial charge in [0.1, 0.15) is 12.2 Å². The molecule has 0 fully saturated rings. The van der Waals surface area contributed by atoms with Crippen LogP contribution in [0.25, 0.3) is 0 Å². The fourth-order valence-corrected chi connectivity index (χ4v) is 4.39. The Bertz CT molecular complexity index is 622. The molecule has 0 aliphatic heterocycles. The van der Waals surface area contributed by atoms with Crippen LogP contribution in [-0.4, -0.2) is 186 Å². The standard InChI is InChI=1S/C37H76O14/c1-38-14-5-18-42-22-9-23-46-25-11-29-48-33-37(51-31-13-27-45-21-8-17-41-4)35-49-34-36(50-30-12-26-44-20-7-16-40-3)32-47-28-10-24-43-19-6-15-39-2/h36-37H,5-35H2,1-4H3. The first-order valence-corrected chi connectivity index (χ1v) is 19.1. The van der Waals surface area contributed by atoms with Crippen molar-refractivity contribution in [1.29, 1.82) is 0 Å². The van der Waals surface area contributed by atoms with Crippen LogP contribution in [0.4, 0.5) is 0 Å². The Morgan fingerprint density at radius 3 is 0.725 bits per heavy atom. The summed E-state index contributed by atoms with van der Waals surface area (Å²) in [6.07, 6.45) is 7.20. The van der Waals surface area contributed by atoms with Gasteiger partial charge in [-0.3, -0.25) is 0 Å². The molecule has 0 saturated carbocycles. The minimum atomic E-state index is -0.216. The molecule has 0 amide bonds. The van der Waals surface area contributed by atoms with E-state index < -0.39 is 0 Å². The lowest BCUT2D eigenvalue weighted by molar-refractivity contribution is -0.0989. The first-order chi connectivity index (χ1) is 25.3. The van der Waals surface area contributed by atoms with Crippen LogP contribution in [0.2, 0.25) is 0 Å². The van der Waals surface area contributed by atoms with E-state index in [1.54, 1.807) is 28.4 Å². The van der Waals surface area contributed by atoms with Crippen molar-refractivity contribution >= 4 is 0 Å². The maximum Gasteiger partial charge on any atom is 0.104 e. The van der Waals surface area contributed by atoms with Gasteiger partial charge in [-0.1, -0.05) is 0 Å². The molecule has 0 heterocycles. The van der Waals surface area contributed by atoms with Gasteiger partial charge in [-0.05, 0) is 57.8 Å². The minimum absolute atomic E-state index is 0.212. The number of ether oxygens (including phenoxy) is 14. The first kappa shape index (κ1) is 50.4. The van der Waals surface area contributed by atoms with Crippen molar-refractivity contribution in [2.75, 3.05) is 174 Å². The van der Waals surface area contributed by atoms with Crippen LogP contribution in [0, 0.1) is 0 Å². The second kappa shape index (κ2) is 45.6. The summed E-state index contributed by atoms with van der Waals surface area (Å²) in [5.41, 5.74) is 0. The van der Waals surface area contributed by atoms with Crippen molar-refractivity contribution in [3.63, 3.8) is 0 Å². The zero-order chi connectivity index (χ0) is 37.0. The highest BCUT2D eigenvalue weighted by molar-refractivity contribution is 4.61. The van der Waals surface area contributed by atoms with Crippen molar-refractivity contribution in [3.05, 3.63) is 0 Å². The molecular formula is C37H76O14. The topological polar surface area (TPSA) is 129 Å². The van der Waals surface area contributed by atoms with Crippen LogP contribution >= 0.6 is 0 Å². The SMILES string of the molecule is COCCCOCCCOCCCOCC(COCC(COCCCOCCCOC)OCCCOCCCOC)OCCCOCCCOC. The van der Waals surface area contributed by atoms with Crippen LogP contribution in [0.15, 0.2) is 0 Å². The summed E-state index contributed by atoms with van der Waals surface area (Å²) in [5, 5.41) is 0. The maximum atomic E-state index is 6.15. The van der Waals surface area contributed by atoms with E-state index in [1.165, 1.54) is 0 Å². The fourth-order valence-electron chi connectivity index (χ4n) is 4.39. The number of rotatable bonds is 46. The predicted molar refractivity (Wildman–Crippen MR) is 195 cm³/mol. The smallest absolute Gasteiger partial charge is 0.104 e. The average Bonchev–Trinajstić information content (AvgIpc) is 3.14. The van der Waals surface area contributed by atoms with Crippen molar-refractivity contribution in [2.24, 2.45) is 0 Å². The summed E-state index contributed by atoms with van der Waals surface area (Å²) in [5.74, 6) is 0. The molecule has 0 aliphatic rings. The molecule has 2 atom stereocenters. The second-order valence-electron chi connectivity index (χ2n) is 11.9. The van der Waals surface area contributed by atoms with E-state index in [1.807, 2.05) is 0 Å². The van der Waals surface area contributed by atoms with Crippen molar-refractivity contribution in [2.45, 2.75) is 70.0 Å². The van der Waals surface area contributed by atoms with Crippen molar-refractivity contribution in [3.8, 4) is 0 Å². The molecule has 0 aromatic carbocycles. The summed E-state index contributed by atoms with van der Waals surface area (Å²) in [6.45, 7) is 13.4. The zero-order valence-electron chi connectivity index (χ0n) is 32.8. The third-order valence-corrected chi connectivity index (χ3v) is 7.07. The van der Waals surface area contributed by atoms with Crippen LogP contribution in [0.1, 0.15) is 57.8 Å². The Hall–Kier alpha value is -0.560. The Morgan fingerprint density at radius 2 is 0.451 bits per heavy atom. The summed E-state index contributed by atoms with van der Waals surface area (Å²) in [7, 11) is 6.79. The Balaban J connectivity index is 4.55. The molecule has 51 heavy (non-hydrogen) atoms. The van der Waals surface area contributed by atoms with Crippen LogP contribution in [0.5, 0.6) is 0 Å². The van der Waals surface area contributed by atoms with Gasteiger partial charge < -0.3 is 66.3 Å². The van der Waals surface area contributed by atoms with E-state index in [-0.39, 0.29) is 12.2 Å². The zero-order valence-corrected chi connectivity index (χ0v) is 32.8. The third-order valence-electron chi connectivity index (χ3n) is 7.07. The Kier molecular flexibility index (Phi) is 45.1. The van der Waals surface area contributed by atoms with Gasteiger partial charge in [-0.2, -0.15) is 0 Å². The predicted octanol–water partition coefficient (Wildman–Crippen LogP) is 3.99. The van der Waals surface area contributed by atoms with Gasteiger partial charge in [0.05, 0.1) is 26.4 Å². The molecule has 0 bridgehead atoms. The number of methoxy groups -OCH3 is 4. The minimum Gasteiger partial charge on any atom is -0.385 e. The van der Waals surface area contributed by atoms with Crippen molar-refractivity contribution < 1.29 is 66.3 Å². The summed E-state index contributed by atoms with van der Waals surface area (Å²) in [4.78, 5) is 0. The molecule has 0 aliphatic carbocycles. The lowest BCUT2D eigenvalue weighted by Gasteiger charge is -2.22. The third kappa shape index (κ3) is 42.0. The van der Waals surface area contributed by atoms with Gasteiger partial charge in [-0.25, -0.2) is 0 Å². The van der Waals surface area contributed by atoms with Gasteiger partial charge >= 0.3 is 0 Å². The van der Waals surface area contributed by atoms with Gasteiger partial charge in [0.15, 0.2) is 0 Å². The van der Waals surface area contributed by atoms with E-state index >= 15 is 0 Å². The van der Waals surface area contributed by atoms with Crippen LogP contribution < -0.4 is 0 Å². The quantitative estimate of drug-likeness (QED) is 0.0834. The molecule has 14 nitrogen and oxygen atoms in total. The second-order valence-corrected chi connectivity index (χ2v) is 11.9. The molecule has 0 N–H and O–H groups in total. The fraction of sp³-hybridized carbons (Fsp3) is 1.00. The van der Waals surface area contributed by atoms with Gasteiger partial charge in [0, 0.05) is 147 Å². The average molecular weight is 745 g/mol. The van der Waals surface area contributed by atoms with E-state index in [0.717, 1.165) is 71.0 Å². The highest BCUT2D eigenvalue weighted by Gasteiger charge is 2.15. The molecule has 0 spiro atoms. The van der Waals surface area contributed by atoms with Gasteiger partial charge in [-0.15, -0.1) is 0 Å². The van der Waals surface area contributed by atoms with Crippen LogP contribution in [0.3, 0.4) is 0 Å². The van der Waals surface area contributed by atoms with E-state index in [9.17, 15) is 0 Å². The van der Waals surface area contributed by atoms with E-state index in [0.29, 0.717) is 132 Å². The first-order valence-electron chi connectivity index (χ1n) is 19.1. The highest BCUT2D eigenvalue weighted by atomic mass is 16.6. The largest absolute Gasteiger partial charge is 0.385 e. The van der Waals surface area contributed by atoms with Crippen molar-refractivity contribution in [1.82, 2.24) is 0 Å². The molecule has 0 rings (SSSR count). The lowest BCUT2D eigenvalue weighted by atomic mass is 10.3. The monoisotopic (exact) mass is 745 g/mol. The van der Waals surface area contributed by atoms with E-state index in [2.05, 4.69) is 0 Å². The molecule has 0 radical (unpaired) electrons. The van der Waals surface area contributed by atoms with Gasteiger partial charge in [0.25, 0.3) is 0 Å². The summed E-state index contributed by atoms with van der Waals surface area (Å²) < 4.78 is 78.7. The maximum absolute atomic E-state index is 6.15. The van der Waals surface area contributed by atoms with Gasteiger partial charge in [0.2, 0.25) is 0 Å². The lowest BCUT2D eigenvalue weighted by Crippen LogP contribution is -2.32. The molecule has 0 aromatic heterocycles. The number of hydrogen-bond acceptors (Lipinski definition) is 14. The molecule has 308 valence electrons. The van der Waals surface area contributed by atoms with Crippen LogP contribution in [-0.2, 0) is 66.3 Å². The molecule has 2 unspecified atom stereocenters. The Morgan fingerprint density at radius 1 is 0.235 bits per heavy atom. The Labute approximate surface area is 309 Å². The summed E-state index contributed by atoms with van der Waals surface area (Å²) in [6, 6.07) is 0. The molecular weight excluding hydrogens is 668 g/mol. The number of hydrogen-bond donors (Lipinski definition) is 0. The molecule has 0 saturated heterocycles. The molecule has 14 heteroatoms. The summed E-state index contributed by atoms with van der Waals surface area (Å²) >= 11 is 0. The highest BCUT2D eigenvalue weighted by Crippen LogP contribution is 2.04.